The highest BCUT2D eigenvalue weighted by atomic mass is 32.2. The second-order valence-electron chi connectivity index (χ2n) is 2.75. The van der Waals surface area contributed by atoms with Crippen molar-refractivity contribution in [2.75, 3.05) is 12.9 Å². The number of esters is 1. The quantitative estimate of drug-likeness (QED) is 0.513. The van der Waals surface area contributed by atoms with Crippen LogP contribution in [0.4, 0.5) is 0 Å². The van der Waals surface area contributed by atoms with Crippen molar-refractivity contribution in [1.82, 2.24) is 0 Å². The number of carbonyl (C=O) groups excluding carboxylic acids is 1. The van der Waals surface area contributed by atoms with Crippen molar-refractivity contribution in [1.29, 1.82) is 0 Å². The zero-order chi connectivity index (χ0) is 13.1. The molecule has 0 spiro atoms. The summed E-state index contributed by atoms with van der Waals surface area (Å²) in [7, 11) is -3.67. The van der Waals surface area contributed by atoms with Gasteiger partial charge in [-0.15, -0.1) is 0 Å². The van der Waals surface area contributed by atoms with E-state index >= 15 is 0 Å². The molecule has 0 aliphatic rings. The highest BCUT2D eigenvalue weighted by Crippen LogP contribution is 1.69. The fourth-order valence-corrected chi connectivity index (χ4v) is 0.203. The van der Waals surface area contributed by atoms with Gasteiger partial charge < -0.3 is 9.84 Å². The van der Waals surface area contributed by atoms with Crippen LogP contribution in [0, 0.1) is 0 Å². The van der Waals surface area contributed by atoms with Gasteiger partial charge in [0.25, 0.3) is 10.1 Å². The molecule has 94 valence electrons. The van der Waals surface area contributed by atoms with E-state index in [9.17, 15) is 13.2 Å². The molecule has 0 amide bonds. The Bertz CT molecular complexity index is 221. The van der Waals surface area contributed by atoms with Crippen LogP contribution in [-0.4, -0.2) is 43.0 Å². The van der Waals surface area contributed by atoms with Crippen LogP contribution in [0.5, 0.6) is 0 Å². The predicted octanol–water partition coefficient (Wildman–Crippen LogP) is 0.461. The van der Waals surface area contributed by atoms with Gasteiger partial charge in [-0.1, -0.05) is 0 Å². The number of rotatable bonds is 1. The van der Waals surface area contributed by atoms with Crippen molar-refractivity contribution >= 4 is 16.1 Å². The molecule has 0 aliphatic carbocycles. The molecule has 6 nitrogen and oxygen atoms in total. The second kappa shape index (κ2) is 11.4. The fraction of sp³-hybridized carbons (Fsp3) is 0.875. The Hall–Kier alpha value is -0.660. The van der Waals surface area contributed by atoms with Crippen LogP contribution in [0.15, 0.2) is 0 Å². The number of aliphatic hydroxyl groups is 1. The Kier molecular flexibility index (Phi) is 15.1. The van der Waals surface area contributed by atoms with Gasteiger partial charge in [0, 0.05) is 13.0 Å². The Morgan fingerprint density at radius 1 is 1.40 bits per heavy atom. The Balaban J connectivity index is -0.000000147. The number of ether oxygens (including phenoxy) is 1. The van der Waals surface area contributed by atoms with Crippen LogP contribution in [0.3, 0.4) is 0 Å². The molecule has 0 aromatic carbocycles. The molecule has 0 saturated carbocycles. The minimum atomic E-state index is -3.67. The molecule has 0 aromatic heterocycles. The van der Waals surface area contributed by atoms with E-state index in [1.807, 2.05) is 0 Å². The van der Waals surface area contributed by atoms with E-state index in [-0.39, 0.29) is 12.1 Å². The standard InChI is InChI=1S/C4H8O2.C3H8O.CH4O3S/c1-3-6-4(2)5;1-3(2)4;1-5(2,3)4/h3H2,1-2H3;3-4H,1-2H3;1H3,(H,2,3,4). The number of hydrogen-bond donors (Lipinski definition) is 2. The zero-order valence-corrected chi connectivity index (χ0v) is 10.5. The molecule has 0 unspecified atom stereocenters. The van der Waals surface area contributed by atoms with Crippen LogP contribution in [0.2, 0.25) is 0 Å². The summed E-state index contributed by atoms with van der Waals surface area (Å²) in [5, 5.41) is 8.06. The third kappa shape index (κ3) is 313. The van der Waals surface area contributed by atoms with E-state index < -0.39 is 10.1 Å². The summed E-state index contributed by atoms with van der Waals surface area (Å²) < 4.78 is 30.3. The first-order valence-corrected chi connectivity index (χ1v) is 6.09. The van der Waals surface area contributed by atoms with Gasteiger partial charge in [-0.25, -0.2) is 0 Å². The molecule has 0 atom stereocenters. The summed E-state index contributed by atoms with van der Waals surface area (Å²) in [6.45, 7) is 7.10. The first-order valence-electron chi connectivity index (χ1n) is 4.24. The van der Waals surface area contributed by atoms with Gasteiger partial charge in [-0.2, -0.15) is 8.42 Å². The molecule has 15 heavy (non-hydrogen) atoms. The molecule has 0 bridgehead atoms. The molecule has 0 aromatic rings. The summed E-state index contributed by atoms with van der Waals surface area (Å²) in [5.74, 6) is -0.211. The molecule has 0 aliphatic heterocycles. The first-order chi connectivity index (χ1) is 6.50. The largest absolute Gasteiger partial charge is 0.466 e. The van der Waals surface area contributed by atoms with Gasteiger partial charge in [0.1, 0.15) is 0 Å². The van der Waals surface area contributed by atoms with Crippen LogP contribution >= 0.6 is 0 Å². The van der Waals surface area contributed by atoms with E-state index in [1.165, 1.54) is 6.92 Å². The second-order valence-corrected chi connectivity index (χ2v) is 4.22. The Morgan fingerprint density at radius 2 is 1.60 bits per heavy atom. The highest BCUT2D eigenvalue weighted by Gasteiger charge is 1.82. The van der Waals surface area contributed by atoms with Gasteiger partial charge >= 0.3 is 5.97 Å². The molecule has 0 radical (unpaired) electrons. The number of hydrogen-bond acceptors (Lipinski definition) is 5. The van der Waals surface area contributed by atoms with Crippen molar-refractivity contribution < 1.29 is 27.6 Å². The Morgan fingerprint density at radius 3 is 1.60 bits per heavy atom. The van der Waals surface area contributed by atoms with Crippen LogP contribution in [0.25, 0.3) is 0 Å². The van der Waals surface area contributed by atoms with Gasteiger partial charge in [0.15, 0.2) is 0 Å². The van der Waals surface area contributed by atoms with E-state index in [4.69, 9.17) is 9.66 Å². The van der Waals surface area contributed by atoms with Crippen LogP contribution in [0.1, 0.15) is 27.7 Å². The Labute approximate surface area is 91.0 Å². The van der Waals surface area contributed by atoms with Crippen molar-refractivity contribution in [3.8, 4) is 0 Å². The molecule has 7 heteroatoms. The SMILES string of the molecule is CC(C)O.CCOC(C)=O.CS(=O)(=O)O. The summed E-state index contributed by atoms with van der Waals surface area (Å²) in [6, 6.07) is 0. The number of carbonyl (C=O) groups is 1. The van der Waals surface area contributed by atoms with Crippen molar-refractivity contribution in [3.05, 3.63) is 0 Å². The smallest absolute Gasteiger partial charge is 0.302 e. The molecular formula is C8H20O6S. The normalized spacial score (nSPS) is 9.33. The van der Waals surface area contributed by atoms with E-state index in [0.717, 1.165) is 0 Å². The summed E-state index contributed by atoms with van der Waals surface area (Å²) in [6.07, 6.45) is 0.549. The van der Waals surface area contributed by atoms with Crippen molar-refractivity contribution in [2.24, 2.45) is 0 Å². The molecule has 0 fully saturated rings. The van der Waals surface area contributed by atoms with Gasteiger partial charge in [0.05, 0.1) is 12.9 Å². The van der Waals surface area contributed by atoms with Gasteiger partial charge in [-0.3, -0.25) is 9.35 Å². The van der Waals surface area contributed by atoms with E-state index in [2.05, 4.69) is 4.74 Å². The molecule has 0 saturated heterocycles. The maximum atomic E-state index is 9.82. The molecule has 0 rings (SSSR count). The lowest BCUT2D eigenvalue weighted by Gasteiger charge is -1.89. The fourth-order valence-electron chi connectivity index (χ4n) is 0.203. The predicted molar refractivity (Wildman–Crippen MR) is 57.1 cm³/mol. The monoisotopic (exact) mass is 244 g/mol. The van der Waals surface area contributed by atoms with Crippen LogP contribution < -0.4 is 0 Å². The lowest BCUT2D eigenvalue weighted by Crippen LogP contribution is -1.95. The molecule has 0 heterocycles. The van der Waals surface area contributed by atoms with Gasteiger partial charge in [-0.05, 0) is 20.8 Å². The maximum absolute atomic E-state index is 9.82. The topological polar surface area (TPSA) is 101 Å². The third-order valence-electron chi connectivity index (χ3n) is 0.348. The van der Waals surface area contributed by atoms with Gasteiger partial charge in [0.2, 0.25) is 0 Å². The summed E-state index contributed by atoms with van der Waals surface area (Å²) >= 11 is 0. The highest BCUT2D eigenvalue weighted by molar-refractivity contribution is 7.85. The molecular weight excluding hydrogens is 224 g/mol. The third-order valence-corrected chi connectivity index (χ3v) is 0.348. The lowest BCUT2D eigenvalue weighted by atomic mass is 10.5. The summed E-state index contributed by atoms with van der Waals surface area (Å²) in [4.78, 5) is 9.82. The zero-order valence-electron chi connectivity index (χ0n) is 9.72. The average molecular weight is 244 g/mol. The van der Waals surface area contributed by atoms with E-state index in [0.29, 0.717) is 12.9 Å². The maximum Gasteiger partial charge on any atom is 0.302 e. The first kappa shape index (κ1) is 19.8. The van der Waals surface area contributed by atoms with Crippen molar-refractivity contribution in [2.45, 2.75) is 33.8 Å². The molecule has 2 N–H and O–H groups in total. The van der Waals surface area contributed by atoms with Crippen LogP contribution in [-0.2, 0) is 19.6 Å². The lowest BCUT2D eigenvalue weighted by molar-refractivity contribution is -0.140. The minimum absolute atomic E-state index is 0.167. The minimum Gasteiger partial charge on any atom is -0.466 e. The van der Waals surface area contributed by atoms with E-state index in [1.54, 1.807) is 20.8 Å². The average Bonchev–Trinajstić information content (AvgIpc) is 1.79. The van der Waals surface area contributed by atoms with Crippen molar-refractivity contribution in [3.63, 3.8) is 0 Å². The summed E-state index contributed by atoms with van der Waals surface area (Å²) in [5.41, 5.74) is 0. The number of aliphatic hydroxyl groups excluding tert-OH is 1.